The van der Waals surface area contributed by atoms with Gasteiger partial charge >= 0.3 is 0 Å². The van der Waals surface area contributed by atoms with Crippen molar-refractivity contribution in [1.82, 2.24) is 24.6 Å². The largest absolute Gasteiger partial charge is 0.345 e. The lowest BCUT2D eigenvalue weighted by molar-refractivity contribution is 0.351. The molecule has 1 N–H and O–H groups in total. The van der Waals surface area contributed by atoms with Crippen LogP contribution in [0.2, 0.25) is 0 Å². The predicted octanol–water partition coefficient (Wildman–Crippen LogP) is 2.73. The molecule has 0 spiro atoms. The molecule has 3 aromatic rings. The monoisotopic (exact) mass is 255 g/mol. The summed E-state index contributed by atoms with van der Waals surface area (Å²) in [6.45, 7) is 0. The minimum Gasteiger partial charge on any atom is -0.345 e. The lowest BCUT2D eigenvalue weighted by atomic mass is 9.87. The van der Waals surface area contributed by atoms with Gasteiger partial charge in [0.25, 0.3) is 0 Å². The second-order valence-corrected chi connectivity index (χ2v) is 5.49. The van der Waals surface area contributed by atoms with Gasteiger partial charge in [-0.15, -0.1) is 10.2 Å². The molecule has 1 aliphatic rings. The number of fused-ring (bicyclic) bond motifs is 3. The Balaban J connectivity index is 1.78. The average Bonchev–Trinajstić information content (AvgIpc) is 3.06. The smallest absolute Gasteiger partial charge is 0.179 e. The molecule has 19 heavy (non-hydrogen) atoms. The third-order valence-electron chi connectivity index (χ3n) is 4.20. The number of hydrogen-bond acceptors (Lipinski definition) is 3. The molecule has 98 valence electrons. The number of rotatable bonds is 2. The first-order chi connectivity index (χ1) is 9.42. The molecule has 0 aromatic carbocycles. The molecule has 0 atom stereocenters. The Labute approximate surface area is 111 Å². The molecule has 0 bridgehead atoms. The van der Waals surface area contributed by atoms with Gasteiger partial charge in [0, 0.05) is 12.6 Å². The van der Waals surface area contributed by atoms with Gasteiger partial charge in [-0.25, -0.2) is 4.98 Å². The molecule has 0 unspecified atom stereocenters. The maximum atomic E-state index is 4.38. The second-order valence-electron chi connectivity index (χ2n) is 5.49. The predicted molar refractivity (Wildman–Crippen MR) is 72.9 cm³/mol. The summed E-state index contributed by atoms with van der Waals surface area (Å²) in [5.74, 6) is 1.84. The van der Waals surface area contributed by atoms with Gasteiger partial charge in [0.05, 0.1) is 11.7 Å². The van der Waals surface area contributed by atoms with E-state index in [2.05, 4.69) is 24.6 Å². The minimum atomic E-state index is 0.767. The number of aromatic amines is 1. The number of nitrogens with one attached hydrogen (secondary N) is 1. The second kappa shape index (κ2) is 4.33. The highest BCUT2D eigenvalue weighted by Crippen LogP contribution is 2.27. The Hall–Kier alpha value is -1.91. The zero-order valence-electron chi connectivity index (χ0n) is 10.8. The van der Waals surface area contributed by atoms with Crippen LogP contribution in [0.15, 0.2) is 18.5 Å². The first-order valence-corrected chi connectivity index (χ1v) is 7.08. The Kier molecular flexibility index (Phi) is 2.50. The standard InChI is InChI=1S/C14H17N5/c1-2-4-10(5-3-1)8-12-17-18-13-9-16-14-11(19(12)13)6-7-15-14/h6-7,9-10,15H,1-5,8H2. The van der Waals surface area contributed by atoms with E-state index in [1.807, 2.05) is 12.3 Å². The minimum absolute atomic E-state index is 0.767. The Morgan fingerprint density at radius 2 is 2.11 bits per heavy atom. The van der Waals surface area contributed by atoms with E-state index in [0.29, 0.717) is 0 Å². The fraction of sp³-hybridized carbons (Fsp3) is 0.500. The van der Waals surface area contributed by atoms with Crippen LogP contribution in [0.4, 0.5) is 0 Å². The lowest BCUT2D eigenvalue weighted by Gasteiger charge is -2.20. The maximum Gasteiger partial charge on any atom is 0.179 e. The van der Waals surface area contributed by atoms with Crippen molar-refractivity contribution in [3.8, 4) is 0 Å². The Morgan fingerprint density at radius 1 is 1.21 bits per heavy atom. The van der Waals surface area contributed by atoms with E-state index in [4.69, 9.17) is 0 Å². The topological polar surface area (TPSA) is 58.9 Å². The van der Waals surface area contributed by atoms with Crippen LogP contribution in [0.5, 0.6) is 0 Å². The van der Waals surface area contributed by atoms with Crippen LogP contribution < -0.4 is 0 Å². The fourth-order valence-electron chi connectivity index (χ4n) is 3.22. The normalized spacial score (nSPS) is 17.5. The Morgan fingerprint density at radius 3 is 3.00 bits per heavy atom. The van der Waals surface area contributed by atoms with E-state index >= 15 is 0 Å². The zero-order valence-corrected chi connectivity index (χ0v) is 10.8. The zero-order chi connectivity index (χ0) is 12.7. The van der Waals surface area contributed by atoms with Gasteiger partial charge in [0.15, 0.2) is 11.3 Å². The Bertz CT molecular complexity index is 705. The molecule has 4 rings (SSSR count). The molecule has 1 saturated carbocycles. The molecule has 0 saturated heterocycles. The average molecular weight is 255 g/mol. The van der Waals surface area contributed by atoms with Crippen molar-refractivity contribution in [2.45, 2.75) is 38.5 Å². The number of hydrogen-bond donors (Lipinski definition) is 1. The number of nitrogens with zero attached hydrogens (tertiary/aromatic N) is 4. The summed E-state index contributed by atoms with van der Waals surface area (Å²) < 4.78 is 2.15. The van der Waals surface area contributed by atoms with E-state index in [1.165, 1.54) is 32.1 Å². The van der Waals surface area contributed by atoms with Gasteiger partial charge in [0.1, 0.15) is 5.82 Å². The number of aromatic nitrogens is 5. The van der Waals surface area contributed by atoms with Crippen molar-refractivity contribution in [2.75, 3.05) is 0 Å². The molecule has 0 aliphatic heterocycles. The molecule has 3 heterocycles. The number of H-pyrrole nitrogens is 1. The summed E-state index contributed by atoms with van der Waals surface area (Å²) in [5, 5.41) is 8.63. The summed E-state index contributed by atoms with van der Waals surface area (Å²) in [7, 11) is 0. The van der Waals surface area contributed by atoms with Crippen molar-refractivity contribution in [3.05, 3.63) is 24.3 Å². The van der Waals surface area contributed by atoms with Crippen LogP contribution in [-0.2, 0) is 6.42 Å². The van der Waals surface area contributed by atoms with Crippen molar-refractivity contribution >= 4 is 16.8 Å². The SMILES string of the molecule is c1cc2c(ncc3nnc(CC4CCCCC4)n32)[nH]1. The van der Waals surface area contributed by atoms with E-state index in [1.54, 1.807) is 6.20 Å². The molecule has 3 aromatic heterocycles. The molecular weight excluding hydrogens is 238 g/mol. The van der Waals surface area contributed by atoms with Crippen molar-refractivity contribution in [2.24, 2.45) is 5.92 Å². The van der Waals surface area contributed by atoms with Crippen molar-refractivity contribution < 1.29 is 0 Å². The molecule has 0 amide bonds. The van der Waals surface area contributed by atoms with E-state index in [-0.39, 0.29) is 0 Å². The highest BCUT2D eigenvalue weighted by molar-refractivity contribution is 5.74. The third kappa shape index (κ3) is 1.80. The summed E-state index contributed by atoms with van der Waals surface area (Å²) in [4.78, 5) is 7.50. The van der Waals surface area contributed by atoms with Crippen LogP contribution in [0, 0.1) is 5.92 Å². The van der Waals surface area contributed by atoms with E-state index < -0.39 is 0 Å². The fourth-order valence-corrected chi connectivity index (χ4v) is 3.22. The van der Waals surface area contributed by atoms with Crippen molar-refractivity contribution in [1.29, 1.82) is 0 Å². The summed E-state index contributed by atoms with van der Waals surface area (Å²) >= 11 is 0. The van der Waals surface area contributed by atoms with E-state index in [9.17, 15) is 0 Å². The molecule has 1 fully saturated rings. The highest BCUT2D eigenvalue weighted by Gasteiger charge is 2.18. The molecular formula is C14H17N5. The van der Waals surface area contributed by atoms with Gasteiger partial charge in [-0.05, 0) is 12.0 Å². The quantitative estimate of drug-likeness (QED) is 0.766. The third-order valence-corrected chi connectivity index (χ3v) is 4.20. The molecule has 5 nitrogen and oxygen atoms in total. The van der Waals surface area contributed by atoms with Crippen LogP contribution in [0.3, 0.4) is 0 Å². The molecule has 0 radical (unpaired) electrons. The highest BCUT2D eigenvalue weighted by atomic mass is 15.3. The maximum absolute atomic E-state index is 4.38. The van der Waals surface area contributed by atoms with Gasteiger partial charge in [0.2, 0.25) is 0 Å². The van der Waals surface area contributed by atoms with Crippen LogP contribution in [-0.4, -0.2) is 24.6 Å². The van der Waals surface area contributed by atoms with Gasteiger partial charge < -0.3 is 4.98 Å². The summed E-state index contributed by atoms with van der Waals surface area (Å²) in [6.07, 6.45) is 11.5. The molecule has 5 heteroatoms. The molecule has 1 aliphatic carbocycles. The van der Waals surface area contributed by atoms with E-state index in [0.717, 1.165) is 35.0 Å². The van der Waals surface area contributed by atoms with Gasteiger partial charge in [-0.3, -0.25) is 4.40 Å². The van der Waals surface area contributed by atoms with Gasteiger partial charge in [-0.2, -0.15) is 0 Å². The van der Waals surface area contributed by atoms with Crippen molar-refractivity contribution in [3.63, 3.8) is 0 Å². The summed E-state index contributed by atoms with van der Waals surface area (Å²) in [6, 6.07) is 2.04. The first kappa shape index (κ1) is 11.0. The van der Waals surface area contributed by atoms with Crippen LogP contribution in [0.25, 0.3) is 16.8 Å². The van der Waals surface area contributed by atoms with Crippen LogP contribution >= 0.6 is 0 Å². The van der Waals surface area contributed by atoms with Crippen LogP contribution in [0.1, 0.15) is 37.9 Å². The summed E-state index contributed by atoms with van der Waals surface area (Å²) in [5.41, 5.74) is 2.82. The lowest BCUT2D eigenvalue weighted by Crippen LogP contribution is -2.11. The van der Waals surface area contributed by atoms with Gasteiger partial charge in [-0.1, -0.05) is 32.1 Å². The first-order valence-electron chi connectivity index (χ1n) is 7.08.